The van der Waals surface area contributed by atoms with Crippen LogP contribution in [0, 0.1) is 0 Å². The third-order valence-corrected chi connectivity index (χ3v) is 3.56. The Morgan fingerprint density at radius 2 is 1.83 bits per heavy atom. The van der Waals surface area contributed by atoms with Crippen molar-refractivity contribution in [1.29, 1.82) is 0 Å². The van der Waals surface area contributed by atoms with Crippen molar-refractivity contribution >= 4 is 17.2 Å². The molecule has 0 radical (unpaired) electrons. The summed E-state index contributed by atoms with van der Waals surface area (Å²) in [6, 6.07) is 8.69. The lowest BCUT2D eigenvalue weighted by molar-refractivity contribution is 0.104. The van der Waals surface area contributed by atoms with E-state index >= 15 is 0 Å². The number of aromatic nitrogens is 4. The molecule has 7 heteroatoms. The van der Waals surface area contributed by atoms with E-state index in [1.165, 1.54) is 4.52 Å². The highest BCUT2D eigenvalue weighted by atomic mass is 16.1. The molecule has 23 heavy (non-hydrogen) atoms. The molecule has 3 rings (SSSR count). The summed E-state index contributed by atoms with van der Waals surface area (Å²) in [4.78, 5) is 25.2. The van der Waals surface area contributed by atoms with Crippen LogP contribution >= 0.6 is 0 Å². The predicted molar refractivity (Wildman–Crippen MR) is 86.6 cm³/mol. The van der Waals surface area contributed by atoms with E-state index in [4.69, 9.17) is 5.73 Å². The number of nitrogens with zero attached hydrogens (tertiary/aromatic N) is 3. The molecule has 0 aliphatic carbocycles. The molecular formula is C16H17N5O2. The van der Waals surface area contributed by atoms with E-state index < -0.39 is 5.41 Å². The van der Waals surface area contributed by atoms with Crippen molar-refractivity contribution in [2.24, 2.45) is 0 Å². The molecule has 2 heterocycles. The van der Waals surface area contributed by atoms with Gasteiger partial charge in [0.15, 0.2) is 5.65 Å². The van der Waals surface area contributed by atoms with Gasteiger partial charge < -0.3 is 5.73 Å². The molecule has 0 saturated heterocycles. The highest BCUT2D eigenvalue weighted by Crippen LogP contribution is 2.21. The van der Waals surface area contributed by atoms with Crippen LogP contribution in [0.1, 0.15) is 42.4 Å². The van der Waals surface area contributed by atoms with Crippen molar-refractivity contribution in [2.75, 3.05) is 5.73 Å². The summed E-state index contributed by atoms with van der Waals surface area (Å²) in [5.41, 5.74) is 6.15. The lowest BCUT2D eigenvalue weighted by Gasteiger charge is -2.15. The minimum atomic E-state index is -0.464. The van der Waals surface area contributed by atoms with Crippen LogP contribution in [0.25, 0.3) is 5.65 Å². The van der Waals surface area contributed by atoms with Crippen molar-refractivity contribution in [3.8, 4) is 0 Å². The quantitative estimate of drug-likeness (QED) is 0.698. The minimum absolute atomic E-state index is 0.0938. The fourth-order valence-electron chi connectivity index (χ4n) is 2.38. The Morgan fingerprint density at radius 1 is 1.17 bits per heavy atom. The fourth-order valence-corrected chi connectivity index (χ4v) is 2.38. The molecule has 0 unspecified atom stereocenters. The van der Waals surface area contributed by atoms with E-state index in [9.17, 15) is 9.59 Å². The molecule has 3 N–H and O–H groups in total. The highest BCUT2D eigenvalue weighted by Gasteiger charge is 2.26. The Morgan fingerprint density at radius 3 is 2.43 bits per heavy atom. The van der Waals surface area contributed by atoms with Gasteiger partial charge in [0.05, 0.1) is 0 Å². The van der Waals surface area contributed by atoms with Gasteiger partial charge in [0.25, 0.3) is 5.56 Å². The number of hydrogen-bond donors (Lipinski definition) is 2. The molecule has 0 aliphatic rings. The van der Waals surface area contributed by atoms with E-state index in [0.717, 1.165) is 0 Å². The number of nitrogens with two attached hydrogens (primary N) is 1. The topological polar surface area (TPSA) is 106 Å². The Hall–Kier alpha value is -2.96. The Balaban J connectivity index is 2.25. The normalized spacial score (nSPS) is 11.8. The van der Waals surface area contributed by atoms with E-state index in [-0.39, 0.29) is 28.4 Å². The van der Waals surface area contributed by atoms with Crippen molar-refractivity contribution in [1.82, 2.24) is 19.8 Å². The van der Waals surface area contributed by atoms with Gasteiger partial charge in [-0.05, 0) is 0 Å². The number of nitrogen functional groups attached to an aromatic ring is 1. The number of rotatable bonds is 2. The Labute approximate surface area is 132 Å². The van der Waals surface area contributed by atoms with Crippen LogP contribution in [0.2, 0.25) is 0 Å². The van der Waals surface area contributed by atoms with E-state index in [0.29, 0.717) is 11.3 Å². The van der Waals surface area contributed by atoms with Crippen LogP contribution in [0.5, 0.6) is 0 Å². The van der Waals surface area contributed by atoms with Gasteiger partial charge in [0.2, 0.25) is 5.78 Å². The van der Waals surface area contributed by atoms with Gasteiger partial charge in [-0.3, -0.25) is 14.7 Å². The first kappa shape index (κ1) is 15.0. The lowest BCUT2D eigenvalue weighted by atomic mass is 9.93. The van der Waals surface area contributed by atoms with Crippen LogP contribution in [0.4, 0.5) is 5.82 Å². The first-order valence-electron chi connectivity index (χ1n) is 7.18. The average molecular weight is 311 g/mol. The minimum Gasteiger partial charge on any atom is -0.383 e. The standard InChI is InChI=1S/C16H17N5O2/c1-16(2,3)12-15(23)21-14(19-18-12)10(13(17)20-21)11(22)9-7-5-4-6-8-9/h4-8,20H,17H2,1-3H3. The average Bonchev–Trinajstić information content (AvgIpc) is 2.83. The second-order valence-electron chi connectivity index (χ2n) is 6.36. The first-order chi connectivity index (χ1) is 10.8. The summed E-state index contributed by atoms with van der Waals surface area (Å²) >= 11 is 0. The second kappa shape index (κ2) is 5.05. The molecule has 0 spiro atoms. The van der Waals surface area contributed by atoms with Crippen LogP contribution in [0.15, 0.2) is 35.1 Å². The SMILES string of the molecule is CC(C)(C)c1nnc2c(C(=O)c3ccccc3)c(N)[nH]n2c1=O. The van der Waals surface area contributed by atoms with Gasteiger partial charge in [0, 0.05) is 11.0 Å². The van der Waals surface area contributed by atoms with Crippen LogP contribution in [0.3, 0.4) is 0 Å². The maximum Gasteiger partial charge on any atom is 0.295 e. The van der Waals surface area contributed by atoms with Crippen molar-refractivity contribution < 1.29 is 4.79 Å². The number of ketones is 1. The van der Waals surface area contributed by atoms with Gasteiger partial charge in [-0.1, -0.05) is 51.1 Å². The first-order valence-corrected chi connectivity index (χ1v) is 7.18. The third-order valence-electron chi connectivity index (χ3n) is 3.56. The Kier molecular flexibility index (Phi) is 3.28. The number of aromatic amines is 1. The Bertz CT molecular complexity index is 948. The van der Waals surface area contributed by atoms with Crippen LogP contribution in [-0.4, -0.2) is 25.6 Å². The number of carbonyl (C=O) groups excluding carboxylic acids is 1. The van der Waals surface area contributed by atoms with Gasteiger partial charge in [-0.15, -0.1) is 10.2 Å². The zero-order valence-corrected chi connectivity index (χ0v) is 13.1. The van der Waals surface area contributed by atoms with Gasteiger partial charge in [-0.25, -0.2) is 0 Å². The summed E-state index contributed by atoms with van der Waals surface area (Å²) in [5, 5.41) is 10.8. The molecule has 2 aromatic heterocycles. The van der Waals surface area contributed by atoms with Gasteiger partial charge >= 0.3 is 0 Å². The smallest absolute Gasteiger partial charge is 0.295 e. The summed E-state index contributed by atoms with van der Waals surface area (Å²) in [6.45, 7) is 5.60. The number of anilines is 1. The number of carbonyl (C=O) groups is 1. The molecule has 0 bridgehead atoms. The van der Waals surface area contributed by atoms with Gasteiger partial charge in [-0.2, -0.15) is 4.52 Å². The molecular weight excluding hydrogens is 294 g/mol. The summed E-state index contributed by atoms with van der Waals surface area (Å²) in [6.07, 6.45) is 0. The molecule has 0 aliphatic heterocycles. The molecule has 1 aromatic carbocycles. The summed E-state index contributed by atoms with van der Waals surface area (Å²) < 4.78 is 1.18. The van der Waals surface area contributed by atoms with E-state index in [1.807, 2.05) is 26.8 Å². The molecule has 0 saturated carbocycles. The number of hydrogen-bond acceptors (Lipinski definition) is 5. The van der Waals surface area contributed by atoms with Crippen molar-refractivity contribution in [3.05, 3.63) is 57.5 Å². The maximum absolute atomic E-state index is 12.7. The van der Waals surface area contributed by atoms with Crippen LogP contribution < -0.4 is 11.3 Å². The number of fused-ring (bicyclic) bond motifs is 1. The predicted octanol–water partition coefficient (Wildman–Crippen LogP) is 1.53. The molecule has 7 nitrogen and oxygen atoms in total. The third kappa shape index (κ3) is 2.40. The van der Waals surface area contributed by atoms with E-state index in [1.54, 1.807) is 24.3 Å². The zero-order valence-electron chi connectivity index (χ0n) is 13.1. The second-order valence-corrected chi connectivity index (χ2v) is 6.36. The largest absolute Gasteiger partial charge is 0.383 e. The zero-order chi connectivity index (χ0) is 16.8. The lowest BCUT2D eigenvalue weighted by Crippen LogP contribution is -2.30. The number of benzene rings is 1. The molecule has 118 valence electrons. The van der Waals surface area contributed by atoms with Crippen molar-refractivity contribution in [2.45, 2.75) is 26.2 Å². The van der Waals surface area contributed by atoms with Crippen molar-refractivity contribution in [3.63, 3.8) is 0 Å². The van der Waals surface area contributed by atoms with Crippen LogP contribution in [-0.2, 0) is 5.41 Å². The molecule has 0 amide bonds. The van der Waals surface area contributed by atoms with Gasteiger partial charge in [0.1, 0.15) is 17.1 Å². The number of H-pyrrole nitrogens is 1. The maximum atomic E-state index is 12.7. The monoisotopic (exact) mass is 311 g/mol. The highest BCUT2D eigenvalue weighted by molar-refractivity contribution is 6.15. The summed E-state index contributed by atoms with van der Waals surface area (Å²) in [5.74, 6) is -0.213. The van der Waals surface area contributed by atoms with E-state index in [2.05, 4.69) is 15.3 Å². The molecule has 0 fully saturated rings. The number of nitrogens with one attached hydrogen (secondary N) is 1. The fraction of sp³-hybridized carbons (Fsp3) is 0.250. The summed E-state index contributed by atoms with van der Waals surface area (Å²) in [7, 11) is 0. The molecule has 0 atom stereocenters. The molecule has 3 aromatic rings.